The molecule has 3 rings (SSSR count). The molecular formula is C16H15N. The van der Waals surface area contributed by atoms with Crippen LogP contribution in [0.1, 0.15) is 18.2 Å². The fraction of sp³-hybridized carbons (Fsp3) is 0.188. The highest BCUT2D eigenvalue weighted by atomic mass is 14.6. The highest BCUT2D eigenvalue weighted by Crippen LogP contribution is 2.25. The second-order valence-electron chi connectivity index (χ2n) is 4.52. The summed E-state index contributed by atoms with van der Waals surface area (Å²) in [5, 5.41) is 5.18. The van der Waals surface area contributed by atoms with Gasteiger partial charge in [0.05, 0.1) is 0 Å². The van der Waals surface area contributed by atoms with Crippen molar-refractivity contribution in [3.8, 4) is 0 Å². The zero-order valence-electron chi connectivity index (χ0n) is 10.2. The van der Waals surface area contributed by atoms with Gasteiger partial charge in [0.1, 0.15) is 0 Å². The number of nitrogens with zero attached hydrogens (tertiary/aromatic N) is 1. The third-order valence-electron chi connectivity index (χ3n) is 3.33. The van der Waals surface area contributed by atoms with Crippen LogP contribution in [0.2, 0.25) is 0 Å². The number of hydrogen-bond acceptors (Lipinski definition) is 1. The van der Waals surface area contributed by atoms with Crippen LogP contribution in [0, 0.1) is 6.92 Å². The zero-order chi connectivity index (χ0) is 11.8. The Bertz CT molecular complexity index is 698. The van der Waals surface area contributed by atoms with Crippen LogP contribution >= 0.6 is 0 Å². The SMILES string of the molecule is CCc1cccc2cc3cc(C)ncc3cc12. The molecule has 84 valence electrons. The minimum absolute atomic E-state index is 1.07. The summed E-state index contributed by atoms with van der Waals surface area (Å²) in [5.41, 5.74) is 2.48. The van der Waals surface area contributed by atoms with Gasteiger partial charge < -0.3 is 0 Å². The molecule has 0 saturated carbocycles. The van der Waals surface area contributed by atoms with Gasteiger partial charge in [0.15, 0.2) is 0 Å². The maximum Gasteiger partial charge on any atom is 0.0379 e. The molecule has 0 amide bonds. The Hall–Kier alpha value is -1.89. The van der Waals surface area contributed by atoms with Crippen molar-refractivity contribution in [3.63, 3.8) is 0 Å². The number of rotatable bonds is 1. The van der Waals surface area contributed by atoms with Crippen LogP contribution in [0.4, 0.5) is 0 Å². The van der Waals surface area contributed by atoms with E-state index in [2.05, 4.69) is 48.3 Å². The molecule has 0 unspecified atom stereocenters. The summed E-state index contributed by atoms with van der Waals surface area (Å²) in [6, 6.07) is 13.2. The number of aromatic nitrogens is 1. The molecule has 0 aliphatic carbocycles. The molecule has 1 heterocycles. The third-order valence-corrected chi connectivity index (χ3v) is 3.33. The second-order valence-corrected chi connectivity index (χ2v) is 4.52. The van der Waals surface area contributed by atoms with Gasteiger partial charge in [-0.2, -0.15) is 0 Å². The fourth-order valence-electron chi connectivity index (χ4n) is 2.40. The summed E-state index contributed by atoms with van der Waals surface area (Å²) in [4.78, 5) is 4.37. The van der Waals surface area contributed by atoms with Crippen LogP contribution in [0.3, 0.4) is 0 Å². The number of pyridine rings is 1. The molecule has 2 aromatic carbocycles. The Morgan fingerprint density at radius 1 is 1.00 bits per heavy atom. The lowest BCUT2D eigenvalue weighted by atomic mass is 9.99. The van der Waals surface area contributed by atoms with Gasteiger partial charge in [0, 0.05) is 17.3 Å². The van der Waals surface area contributed by atoms with Gasteiger partial charge in [-0.05, 0) is 53.3 Å². The molecule has 1 heteroatoms. The molecule has 0 radical (unpaired) electrons. The Morgan fingerprint density at radius 2 is 1.88 bits per heavy atom. The largest absolute Gasteiger partial charge is 0.261 e. The van der Waals surface area contributed by atoms with Gasteiger partial charge in [-0.1, -0.05) is 25.1 Å². The van der Waals surface area contributed by atoms with Crippen LogP contribution in [0.15, 0.2) is 42.6 Å². The zero-order valence-corrected chi connectivity index (χ0v) is 10.2. The summed E-state index contributed by atoms with van der Waals surface area (Å²) in [7, 11) is 0. The summed E-state index contributed by atoms with van der Waals surface area (Å²) >= 11 is 0. The van der Waals surface area contributed by atoms with E-state index in [1.165, 1.54) is 27.1 Å². The maximum absolute atomic E-state index is 4.37. The van der Waals surface area contributed by atoms with E-state index in [1.54, 1.807) is 0 Å². The number of fused-ring (bicyclic) bond motifs is 2. The van der Waals surface area contributed by atoms with E-state index in [0.717, 1.165) is 12.1 Å². The molecule has 0 atom stereocenters. The Morgan fingerprint density at radius 3 is 2.71 bits per heavy atom. The monoisotopic (exact) mass is 221 g/mol. The lowest BCUT2D eigenvalue weighted by molar-refractivity contribution is 1.16. The summed E-state index contributed by atoms with van der Waals surface area (Å²) in [5.74, 6) is 0. The smallest absolute Gasteiger partial charge is 0.0379 e. The van der Waals surface area contributed by atoms with Crippen LogP contribution in [0.25, 0.3) is 21.5 Å². The van der Waals surface area contributed by atoms with E-state index in [-0.39, 0.29) is 0 Å². The molecule has 1 nitrogen and oxygen atoms in total. The van der Waals surface area contributed by atoms with Crippen molar-refractivity contribution in [3.05, 3.63) is 53.9 Å². The molecular weight excluding hydrogens is 206 g/mol. The molecule has 3 aromatic rings. The third kappa shape index (κ3) is 1.68. The van der Waals surface area contributed by atoms with E-state index in [9.17, 15) is 0 Å². The first-order valence-corrected chi connectivity index (χ1v) is 6.06. The molecule has 0 bridgehead atoms. The van der Waals surface area contributed by atoms with Crippen LogP contribution in [-0.4, -0.2) is 4.98 Å². The molecule has 0 fully saturated rings. The molecule has 0 N–H and O–H groups in total. The molecule has 17 heavy (non-hydrogen) atoms. The normalized spacial score (nSPS) is 11.2. The van der Waals surface area contributed by atoms with E-state index in [4.69, 9.17) is 0 Å². The first-order chi connectivity index (χ1) is 8.28. The first-order valence-electron chi connectivity index (χ1n) is 6.06. The van der Waals surface area contributed by atoms with Crippen molar-refractivity contribution >= 4 is 21.5 Å². The minimum atomic E-state index is 1.07. The van der Waals surface area contributed by atoms with Crippen molar-refractivity contribution < 1.29 is 0 Å². The van der Waals surface area contributed by atoms with Crippen LogP contribution in [-0.2, 0) is 6.42 Å². The van der Waals surface area contributed by atoms with Crippen molar-refractivity contribution in [1.82, 2.24) is 4.98 Å². The molecule has 0 aliphatic heterocycles. The van der Waals surface area contributed by atoms with E-state index in [1.807, 2.05) is 13.1 Å². The highest BCUT2D eigenvalue weighted by molar-refractivity contribution is 5.99. The standard InChI is InChI=1S/C16H15N/c1-3-12-5-4-6-13-8-14-7-11(2)17-10-15(14)9-16(12)13/h4-10H,3H2,1-2H3. The minimum Gasteiger partial charge on any atom is -0.261 e. The second kappa shape index (κ2) is 3.85. The summed E-state index contributed by atoms with van der Waals surface area (Å²) in [6.07, 6.45) is 3.04. The van der Waals surface area contributed by atoms with Gasteiger partial charge in [0.25, 0.3) is 0 Å². The molecule has 1 aromatic heterocycles. The Kier molecular flexibility index (Phi) is 2.32. The van der Waals surface area contributed by atoms with Crippen molar-refractivity contribution in [2.75, 3.05) is 0 Å². The molecule has 0 saturated heterocycles. The number of hydrogen-bond donors (Lipinski definition) is 0. The predicted molar refractivity (Wildman–Crippen MR) is 73.4 cm³/mol. The van der Waals surface area contributed by atoms with E-state index in [0.29, 0.717) is 0 Å². The van der Waals surface area contributed by atoms with Gasteiger partial charge in [-0.25, -0.2) is 0 Å². The maximum atomic E-state index is 4.37. The topological polar surface area (TPSA) is 12.9 Å². The van der Waals surface area contributed by atoms with Gasteiger partial charge in [-0.15, -0.1) is 0 Å². The van der Waals surface area contributed by atoms with Crippen LogP contribution < -0.4 is 0 Å². The average molecular weight is 221 g/mol. The molecule has 0 aliphatic rings. The fourth-order valence-corrected chi connectivity index (χ4v) is 2.40. The summed E-state index contributed by atoms with van der Waals surface area (Å²) < 4.78 is 0. The Labute approximate surface area is 101 Å². The first kappa shape index (κ1) is 10.3. The van der Waals surface area contributed by atoms with E-state index < -0.39 is 0 Å². The van der Waals surface area contributed by atoms with Gasteiger partial charge in [0.2, 0.25) is 0 Å². The summed E-state index contributed by atoms with van der Waals surface area (Å²) in [6.45, 7) is 4.23. The van der Waals surface area contributed by atoms with E-state index >= 15 is 0 Å². The van der Waals surface area contributed by atoms with Crippen molar-refractivity contribution in [1.29, 1.82) is 0 Å². The predicted octanol–water partition coefficient (Wildman–Crippen LogP) is 4.26. The molecule has 0 spiro atoms. The quantitative estimate of drug-likeness (QED) is 0.559. The lowest BCUT2D eigenvalue weighted by Gasteiger charge is -2.06. The van der Waals surface area contributed by atoms with Crippen LogP contribution in [0.5, 0.6) is 0 Å². The van der Waals surface area contributed by atoms with Crippen molar-refractivity contribution in [2.24, 2.45) is 0 Å². The van der Waals surface area contributed by atoms with Gasteiger partial charge in [-0.3, -0.25) is 4.98 Å². The average Bonchev–Trinajstić information content (AvgIpc) is 2.35. The Balaban J connectivity index is 2.43. The van der Waals surface area contributed by atoms with Gasteiger partial charge >= 0.3 is 0 Å². The number of benzene rings is 2. The lowest BCUT2D eigenvalue weighted by Crippen LogP contribution is -1.86. The highest BCUT2D eigenvalue weighted by Gasteiger charge is 2.02. The van der Waals surface area contributed by atoms with Crippen molar-refractivity contribution in [2.45, 2.75) is 20.3 Å². The number of aryl methyl sites for hydroxylation is 2.